The van der Waals surface area contributed by atoms with Crippen LogP contribution in [0.25, 0.3) is 10.9 Å². The van der Waals surface area contributed by atoms with Crippen LogP contribution in [0.2, 0.25) is 10.0 Å². The lowest BCUT2D eigenvalue weighted by molar-refractivity contribution is 0.0953. The number of H-pyrrole nitrogens is 1. The van der Waals surface area contributed by atoms with E-state index in [4.69, 9.17) is 35.4 Å². The minimum Gasteiger partial charge on any atom is -0.331 e. The summed E-state index contributed by atoms with van der Waals surface area (Å²) in [6.45, 7) is 0. The maximum atomic E-state index is 12.7. The summed E-state index contributed by atoms with van der Waals surface area (Å²) in [6.07, 6.45) is 0. The summed E-state index contributed by atoms with van der Waals surface area (Å²) in [4.78, 5) is 28.2. The molecule has 23 heavy (non-hydrogen) atoms. The van der Waals surface area contributed by atoms with Crippen LogP contribution in [0.15, 0.2) is 41.2 Å². The Kier molecular flexibility index (Phi) is 4.59. The number of benzene rings is 2. The molecule has 0 spiro atoms. The molecule has 3 aromatic rings. The number of rotatable bonds is 1. The second kappa shape index (κ2) is 6.35. The van der Waals surface area contributed by atoms with Crippen molar-refractivity contribution >= 4 is 74.8 Å². The zero-order valence-corrected chi connectivity index (χ0v) is 15.8. The smallest absolute Gasteiger partial charge is 0.269 e. The molecule has 0 radical (unpaired) electrons. The van der Waals surface area contributed by atoms with Crippen LogP contribution >= 0.6 is 58.0 Å². The van der Waals surface area contributed by atoms with Gasteiger partial charge in [-0.25, -0.2) is 4.57 Å². The number of aromatic nitrogens is 2. The fourth-order valence-corrected chi connectivity index (χ4v) is 3.19. The van der Waals surface area contributed by atoms with Crippen molar-refractivity contribution < 1.29 is 4.79 Å². The third-order valence-corrected chi connectivity index (χ3v) is 4.92. The summed E-state index contributed by atoms with van der Waals surface area (Å²) in [6, 6.07) is 9.70. The normalized spacial score (nSPS) is 10.9. The van der Waals surface area contributed by atoms with Gasteiger partial charge in [-0.05, 0) is 71.2 Å². The van der Waals surface area contributed by atoms with Crippen LogP contribution in [0.4, 0.5) is 0 Å². The van der Waals surface area contributed by atoms with Gasteiger partial charge in [0, 0.05) is 9.13 Å². The molecule has 0 amide bonds. The molecule has 1 N–H and O–H groups in total. The van der Waals surface area contributed by atoms with E-state index in [-0.39, 0.29) is 15.4 Å². The van der Waals surface area contributed by atoms with E-state index < -0.39 is 11.5 Å². The lowest BCUT2D eigenvalue weighted by Gasteiger charge is -2.08. The quantitative estimate of drug-likeness (QED) is 0.410. The molecule has 0 fully saturated rings. The Morgan fingerprint density at radius 3 is 2.57 bits per heavy atom. The van der Waals surface area contributed by atoms with Gasteiger partial charge in [0.15, 0.2) is 4.77 Å². The van der Waals surface area contributed by atoms with Crippen molar-refractivity contribution in [2.45, 2.75) is 0 Å². The number of fused-ring (bicyclic) bond motifs is 1. The monoisotopic (exact) mass is 476 g/mol. The van der Waals surface area contributed by atoms with Gasteiger partial charge in [-0.15, -0.1) is 0 Å². The molecule has 0 bridgehead atoms. The fourth-order valence-electron chi connectivity index (χ4n) is 2.13. The van der Waals surface area contributed by atoms with Crippen LogP contribution in [0, 0.1) is 8.34 Å². The van der Waals surface area contributed by atoms with Crippen LogP contribution in [-0.2, 0) is 0 Å². The van der Waals surface area contributed by atoms with Crippen LogP contribution in [0.1, 0.15) is 10.4 Å². The van der Waals surface area contributed by atoms with E-state index in [9.17, 15) is 9.59 Å². The summed E-state index contributed by atoms with van der Waals surface area (Å²) in [5, 5.41) is 0.948. The average molecular weight is 477 g/mol. The number of carbonyl (C=O) groups is 1. The minimum absolute atomic E-state index is 0.0276. The van der Waals surface area contributed by atoms with Crippen LogP contribution in [0.5, 0.6) is 0 Å². The van der Waals surface area contributed by atoms with Crippen molar-refractivity contribution in [3.05, 3.63) is 70.7 Å². The van der Waals surface area contributed by atoms with E-state index in [2.05, 4.69) is 27.6 Å². The third-order valence-electron chi connectivity index (χ3n) is 3.23. The first-order chi connectivity index (χ1) is 10.9. The molecule has 116 valence electrons. The number of nitrogens with zero attached hydrogens (tertiary/aromatic N) is 1. The lowest BCUT2D eigenvalue weighted by atomic mass is 10.2. The Morgan fingerprint density at radius 1 is 1.13 bits per heavy atom. The highest BCUT2D eigenvalue weighted by atomic mass is 127. The van der Waals surface area contributed by atoms with Gasteiger partial charge in [0.05, 0.1) is 20.9 Å². The Bertz CT molecular complexity index is 1080. The summed E-state index contributed by atoms with van der Waals surface area (Å²) >= 11 is 19.0. The maximum absolute atomic E-state index is 12.7. The Labute approximate surface area is 159 Å². The molecule has 8 heteroatoms. The molecule has 0 saturated carbocycles. The summed E-state index contributed by atoms with van der Waals surface area (Å²) in [7, 11) is 0. The molecule has 0 aliphatic carbocycles. The summed E-state index contributed by atoms with van der Waals surface area (Å²) in [5.74, 6) is -0.560. The van der Waals surface area contributed by atoms with E-state index in [1.54, 1.807) is 12.1 Å². The van der Waals surface area contributed by atoms with Crippen LogP contribution < -0.4 is 5.56 Å². The Morgan fingerprint density at radius 2 is 1.87 bits per heavy atom. The highest BCUT2D eigenvalue weighted by Crippen LogP contribution is 2.23. The molecule has 0 saturated heterocycles. The molecule has 3 rings (SSSR count). The zero-order valence-electron chi connectivity index (χ0n) is 11.3. The highest BCUT2D eigenvalue weighted by Gasteiger charge is 2.16. The molecule has 0 atom stereocenters. The van der Waals surface area contributed by atoms with Crippen molar-refractivity contribution in [3.8, 4) is 0 Å². The van der Waals surface area contributed by atoms with Gasteiger partial charge in [0.1, 0.15) is 0 Å². The number of aromatic amines is 1. The van der Waals surface area contributed by atoms with Gasteiger partial charge in [-0.2, -0.15) is 0 Å². The number of halogens is 3. The first kappa shape index (κ1) is 16.6. The Hall–Kier alpha value is -1.22. The predicted molar refractivity (Wildman–Crippen MR) is 102 cm³/mol. The largest absolute Gasteiger partial charge is 0.331 e. The van der Waals surface area contributed by atoms with Crippen molar-refractivity contribution in [2.24, 2.45) is 0 Å². The molecule has 4 nitrogen and oxygen atoms in total. The van der Waals surface area contributed by atoms with Crippen molar-refractivity contribution in [1.29, 1.82) is 0 Å². The van der Waals surface area contributed by atoms with Crippen molar-refractivity contribution in [1.82, 2.24) is 9.55 Å². The van der Waals surface area contributed by atoms with Crippen molar-refractivity contribution in [3.63, 3.8) is 0 Å². The molecule has 0 aliphatic heterocycles. The zero-order chi connectivity index (χ0) is 16.7. The van der Waals surface area contributed by atoms with E-state index in [1.807, 2.05) is 6.07 Å². The first-order valence-corrected chi connectivity index (χ1v) is 8.57. The SMILES string of the molecule is O=C(c1ccc(Cl)c(Cl)c1)n1c(=S)[nH]c2ccc(I)cc2c1=O. The minimum atomic E-state index is -0.560. The first-order valence-electron chi connectivity index (χ1n) is 6.33. The van der Waals surface area contributed by atoms with Crippen LogP contribution in [-0.4, -0.2) is 15.5 Å². The summed E-state index contributed by atoms with van der Waals surface area (Å²) < 4.78 is 1.83. The molecule has 1 heterocycles. The predicted octanol–water partition coefficient (Wildman–Crippen LogP) is 4.66. The average Bonchev–Trinajstić information content (AvgIpc) is 2.51. The number of hydrogen-bond donors (Lipinski definition) is 1. The molecule has 1 aromatic heterocycles. The number of hydrogen-bond acceptors (Lipinski definition) is 3. The van der Waals surface area contributed by atoms with E-state index in [0.717, 1.165) is 8.14 Å². The second-order valence-electron chi connectivity index (χ2n) is 4.69. The topological polar surface area (TPSA) is 54.9 Å². The lowest BCUT2D eigenvalue weighted by Crippen LogP contribution is -2.29. The van der Waals surface area contributed by atoms with Crippen molar-refractivity contribution in [2.75, 3.05) is 0 Å². The molecular weight excluding hydrogens is 470 g/mol. The van der Waals surface area contributed by atoms with Gasteiger partial charge in [-0.3, -0.25) is 9.59 Å². The Balaban J connectivity index is 2.27. The maximum Gasteiger partial charge on any atom is 0.269 e. The number of nitrogens with one attached hydrogen (secondary N) is 1. The fraction of sp³-hybridized carbons (Fsp3) is 0. The van der Waals surface area contributed by atoms with Crippen LogP contribution in [0.3, 0.4) is 0 Å². The standard InChI is InChI=1S/C15H7Cl2IN2O2S/c16-10-3-1-7(5-11(10)17)13(21)20-14(22)9-6-8(18)2-4-12(9)19-15(20)23/h1-6H,(H,19,23). The number of carbonyl (C=O) groups excluding carboxylic acids is 1. The van der Waals surface area contributed by atoms with Gasteiger partial charge in [-0.1, -0.05) is 23.2 Å². The molecule has 0 unspecified atom stereocenters. The second-order valence-corrected chi connectivity index (χ2v) is 7.14. The molecule has 2 aromatic carbocycles. The third kappa shape index (κ3) is 3.08. The molecule has 0 aliphatic rings. The van der Waals surface area contributed by atoms with E-state index in [1.165, 1.54) is 18.2 Å². The molecular formula is C15H7Cl2IN2O2S. The van der Waals surface area contributed by atoms with Gasteiger partial charge in [0.25, 0.3) is 11.5 Å². The summed E-state index contributed by atoms with van der Waals surface area (Å²) in [5.41, 5.74) is 0.336. The van der Waals surface area contributed by atoms with Gasteiger partial charge in [0.2, 0.25) is 0 Å². The van der Waals surface area contributed by atoms with E-state index in [0.29, 0.717) is 15.9 Å². The highest BCUT2D eigenvalue weighted by molar-refractivity contribution is 14.1. The van der Waals surface area contributed by atoms with Gasteiger partial charge >= 0.3 is 0 Å². The van der Waals surface area contributed by atoms with E-state index >= 15 is 0 Å². The van der Waals surface area contributed by atoms with Gasteiger partial charge < -0.3 is 4.98 Å².